The average molecular weight is 458 g/mol. The molecule has 1 aromatic heterocycles. The lowest BCUT2D eigenvalue weighted by Crippen LogP contribution is -2.12. The summed E-state index contributed by atoms with van der Waals surface area (Å²) in [6.07, 6.45) is 3.04. The molecule has 0 bridgehead atoms. The molecular formula is C23H24ClN3O3S. The second kappa shape index (κ2) is 10.9. The average Bonchev–Trinajstić information content (AvgIpc) is 3.17. The van der Waals surface area contributed by atoms with Crippen molar-refractivity contribution in [3.05, 3.63) is 75.3 Å². The monoisotopic (exact) mass is 457 g/mol. The topological polar surface area (TPSA) is 91.3 Å². The molecule has 3 rings (SSSR count). The van der Waals surface area contributed by atoms with Crippen LogP contribution in [0, 0.1) is 0 Å². The van der Waals surface area contributed by atoms with Crippen LogP contribution in [0.25, 0.3) is 0 Å². The van der Waals surface area contributed by atoms with E-state index in [1.165, 1.54) is 16.9 Å². The number of halogens is 1. The van der Waals surface area contributed by atoms with Gasteiger partial charge < -0.3 is 10.4 Å². The minimum atomic E-state index is -0.955. The Kier molecular flexibility index (Phi) is 8.03. The zero-order valence-electron chi connectivity index (χ0n) is 17.2. The largest absolute Gasteiger partial charge is 0.481 e. The standard InChI is InChI=1S/C23H24ClN3O3S/c1-2-3-4-17-11-18(24)9-10-20(17)25-13-15-5-7-16(8-6-15)22(30)27-23-26-19(14-31-23)12-21(28)29/h5-11,14,25H,2-4,12-13H2,1H3,(H,28,29)(H,26,27,30). The number of carbonyl (C=O) groups is 2. The number of nitrogens with zero attached hydrogens (tertiary/aromatic N) is 1. The van der Waals surface area contributed by atoms with Crippen molar-refractivity contribution < 1.29 is 14.7 Å². The normalized spacial score (nSPS) is 10.6. The molecule has 31 heavy (non-hydrogen) atoms. The number of benzene rings is 2. The first-order valence-corrected chi connectivity index (χ1v) is 11.3. The predicted molar refractivity (Wildman–Crippen MR) is 125 cm³/mol. The summed E-state index contributed by atoms with van der Waals surface area (Å²) in [5, 5.41) is 17.7. The third-order valence-electron chi connectivity index (χ3n) is 4.67. The molecule has 3 aromatic rings. The summed E-state index contributed by atoms with van der Waals surface area (Å²) in [5.74, 6) is -1.24. The van der Waals surface area contributed by atoms with Crippen molar-refractivity contribution in [2.75, 3.05) is 10.6 Å². The first kappa shape index (κ1) is 22.8. The number of carbonyl (C=O) groups excluding carboxylic acids is 1. The molecule has 0 fully saturated rings. The molecule has 0 aliphatic rings. The van der Waals surface area contributed by atoms with E-state index in [-0.39, 0.29) is 12.3 Å². The van der Waals surface area contributed by atoms with Crippen LogP contribution in [0.3, 0.4) is 0 Å². The van der Waals surface area contributed by atoms with Crippen LogP contribution in [0.1, 0.15) is 46.9 Å². The number of carboxylic acids is 1. The Morgan fingerprint density at radius 1 is 1.16 bits per heavy atom. The van der Waals surface area contributed by atoms with Crippen LogP contribution in [0.2, 0.25) is 5.02 Å². The molecule has 0 saturated carbocycles. The van der Waals surface area contributed by atoms with Crippen LogP contribution in [0.5, 0.6) is 0 Å². The van der Waals surface area contributed by atoms with E-state index in [4.69, 9.17) is 16.7 Å². The van der Waals surface area contributed by atoms with E-state index in [0.717, 1.165) is 35.5 Å². The van der Waals surface area contributed by atoms with Gasteiger partial charge in [0.15, 0.2) is 5.13 Å². The van der Waals surface area contributed by atoms with Gasteiger partial charge in [-0.25, -0.2) is 4.98 Å². The van der Waals surface area contributed by atoms with Gasteiger partial charge in [0.25, 0.3) is 5.91 Å². The minimum Gasteiger partial charge on any atom is -0.481 e. The fourth-order valence-electron chi connectivity index (χ4n) is 3.05. The van der Waals surface area contributed by atoms with E-state index in [2.05, 4.69) is 22.5 Å². The number of aryl methyl sites for hydroxylation is 1. The van der Waals surface area contributed by atoms with Gasteiger partial charge in [-0.1, -0.05) is 37.1 Å². The Morgan fingerprint density at radius 3 is 2.65 bits per heavy atom. The Hall–Kier alpha value is -2.90. The van der Waals surface area contributed by atoms with E-state index in [9.17, 15) is 9.59 Å². The Morgan fingerprint density at radius 2 is 1.94 bits per heavy atom. The summed E-state index contributed by atoms with van der Waals surface area (Å²) < 4.78 is 0. The highest BCUT2D eigenvalue weighted by Gasteiger charge is 2.11. The summed E-state index contributed by atoms with van der Waals surface area (Å²) in [6, 6.07) is 13.2. The molecule has 1 heterocycles. The molecule has 1 amide bonds. The zero-order valence-corrected chi connectivity index (χ0v) is 18.7. The number of anilines is 2. The Balaban J connectivity index is 1.58. The lowest BCUT2D eigenvalue weighted by atomic mass is 10.1. The highest BCUT2D eigenvalue weighted by atomic mass is 35.5. The van der Waals surface area contributed by atoms with Crippen LogP contribution in [0.4, 0.5) is 10.8 Å². The molecule has 0 spiro atoms. The van der Waals surface area contributed by atoms with Crippen LogP contribution in [-0.4, -0.2) is 22.0 Å². The van der Waals surface area contributed by atoms with Gasteiger partial charge in [0, 0.05) is 28.2 Å². The van der Waals surface area contributed by atoms with Gasteiger partial charge in [0.05, 0.1) is 12.1 Å². The maximum absolute atomic E-state index is 12.4. The summed E-state index contributed by atoms with van der Waals surface area (Å²) in [4.78, 5) is 27.3. The highest BCUT2D eigenvalue weighted by molar-refractivity contribution is 7.14. The predicted octanol–water partition coefficient (Wildman–Crippen LogP) is 5.63. The second-order valence-electron chi connectivity index (χ2n) is 7.12. The molecule has 6 nitrogen and oxygen atoms in total. The van der Waals surface area contributed by atoms with Gasteiger partial charge in [-0.05, 0) is 54.3 Å². The van der Waals surface area contributed by atoms with Crippen molar-refractivity contribution in [2.24, 2.45) is 0 Å². The summed E-state index contributed by atoms with van der Waals surface area (Å²) in [5.41, 5.74) is 4.26. The van der Waals surface area contributed by atoms with Crippen molar-refractivity contribution in [3.8, 4) is 0 Å². The van der Waals surface area contributed by atoms with E-state index in [1.54, 1.807) is 17.5 Å². The molecule has 0 atom stereocenters. The van der Waals surface area contributed by atoms with E-state index >= 15 is 0 Å². The summed E-state index contributed by atoms with van der Waals surface area (Å²) in [7, 11) is 0. The van der Waals surface area contributed by atoms with Crippen LogP contribution in [-0.2, 0) is 24.2 Å². The maximum Gasteiger partial charge on any atom is 0.309 e. The lowest BCUT2D eigenvalue weighted by Gasteiger charge is -2.13. The molecule has 0 saturated heterocycles. The molecule has 3 N–H and O–H groups in total. The van der Waals surface area contributed by atoms with Crippen LogP contribution < -0.4 is 10.6 Å². The number of hydrogen-bond acceptors (Lipinski definition) is 5. The van der Waals surface area contributed by atoms with Crippen LogP contribution >= 0.6 is 22.9 Å². The summed E-state index contributed by atoms with van der Waals surface area (Å²) in [6.45, 7) is 2.80. The maximum atomic E-state index is 12.4. The Bertz CT molecular complexity index is 1050. The molecule has 0 aliphatic heterocycles. The SMILES string of the molecule is CCCCc1cc(Cl)ccc1NCc1ccc(C(=O)Nc2nc(CC(=O)O)cs2)cc1. The molecule has 0 unspecified atom stereocenters. The minimum absolute atomic E-state index is 0.165. The van der Waals surface area contributed by atoms with Crippen molar-refractivity contribution in [1.82, 2.24) is 4.98 Å². The number of unbranched alkanes of at least 4 members (excludes halogenated alkanes) is 1. The van der Waals surface area contributed by atoms with E-state index in [1.807, 2.05) is 30.3 Å². The third kappa shape index (κ3) is 6.80. The van der Waals surface area contributed by atoms with Gasteiger partial charge in [-0.15, -0.1) is 11.3 Å². The smallest absolute Gasteiger partial charge is 0.309 e. The Labute approximate surface area is 190 Å². The fourth-order valence-corrected chi connectivity index (χ4v) is 3.95. The van der Waals surface area contributed by atoms with Crippen molar-refractivity contribution in [2.45, 2.75) is 39.2 Å². The number of amides is 1. The number of thiazole rings is 1. The molecule has 162 valence electrons. The molecule has 2 aromatic carbocycles. The molecular weight excluding hydrogens is 434 g/mol. The number of hydrogen-bond donors (Lipinski definition) is 3. The van der Waals surface area contributed by atoms with Gasteiger partial charge in [-0.2, -0.15) is 0 Å². The van der Waals surface area contributed by atoms with Gasteiger partial charge >= 0.3 is 5.97 Å². The molecule has 0 aliphatic carbocycles. The van der Waals surface area contributed by atoms with E-state index in [0.29, 0.717) is 22.9 Å². The number of aliphatic carboxylic acids is 1. The van der Waals surface area contributed by atoms with Gasteiger partial charge in [0.1, 0.15) is 0 Å². The quantitative estimate of drug-likeness (QED) is 0.367. The number of aromatic nitrogens is 1. The number of carboxylic acid groups (broad SMARTS) is 1. The zero-order chi connectivity index (χ0) is 22.2. The van der Waals surface area contributed by atoms with Crippen LogP contribution in [0.15, 0.2) is 47.8 Å². The number of nitrogens with one attached hydrogen (secondary N) is 2. The molecule has 0 radical (unpaired) electrons. The first-order chi connectivity index (χ1) is 14.9. The van der Waals surface area contributed by atoms with Gasteiger partial charge in [-0.3, -0.25) is 14.9 Å². The molecule has 8 heteroatoms. The van der Waals surface area contributed by atoms with Crippen molar-refractivity contribution in [3.63, 3.8) is 0 Å². The van der Waals surface area contributed by atoms with Crippen molar-refractivity contribution >= 4 is 45.6 Å². The summed E-state index contributed by atoms with van der Waals surface area (Å²) >= 11 is 7.35. The van der Waals surface area contributed by atoms with Gasteiger partial charge in [0.2, 0.25) is 0 Å². The third-order valence-corrected chi connectivity index (χ3v) is 5.71. The number of rotatable bonds is 10. The second-order valence-corrected chi connectivity index (χ2v) is 8.42. The van der Waals surface area contributed by atoms with E-state index < -0.39 is 5.97 Å². The first-order valence-electron chi connectivity index (χ1n) is 10.0. The lowest BCUT2D eigenvalue weighted by molar-refractivity contribution is -0.136. The fraction of sp³-hybridized carbons (Fsp3) is 0.261. The van der Waals surface area contributed by atoms with Crippen molar-refractivity contribution in [1.29, 1.82) is 0 Å². The highest BCUT2D eigenvalue weighted by Crippen LogP contribution is 2.23.